The van der Waals surface area contributed by atoms with Crippen LogP contribution in [0.2, 0.25) is 0 Å². The fraction of sp³-hybridized carbons (Fsp3) is 0.429. The number of nitriles is 1. The molecule has 0 aromatic carbocycles. The van der Waals surface area contributed by atoms with Gasteiger partial charge in [-0.25, -0.2) is 5.26 Å². The van der Waals surface area contributed by atoms with Gasteiger partial charge in [-0.3, -0.25) is 14.4 Å². The van der Waals surface area contributed by atoms with E-state index in [1.165, 1.54) is 5.97 Å². The molecule has 0 aliphatic rings. The first-order valence-corrected chi connectivity index (χ1v) is 4.10. The first-order valence-electron chi connectivity index (χ1n) is 4.10. The van der Waals surface area contributed by atoms with Crippen LogP contribution in [0.3, 0.4) is 0 Å². The van der Waals surface area contributed by atoms with Crippen LogP contribution in [0.15, 0.2) is 0 Å². The van der Waals surface area contributed by atoms with Crippen LogP contribution < -0.4 is 29.6 Å². The van der Waals surface area contributed by atoms with E-state index in [1.54, 1.807) is 0 Å². The summed E-state index contributed by atoms with van der Waals surface area (Å²) >= 11 is 0. The fourth-order valence-electron chi connectivity index (χ4n) is 0.586. The van der Waals surface area contributed by atoms with Crippen molar-refractivity contribution in [3.05, 3.63) is 0 Å². The normalized spacial score (nSPS) is 7.47. The van der Waals surface area contributed by atoms with Crippen molar-refractivity contribution < 1.29 is 57.9 Å². The zero-order valence-corrected chi connectivity index (χ0v) is 12.2. The largest absolute Gasteiger partial charge is 1.00 e. The van der Waals surface area contributed by atoms with Gasteiger partial charge in [0.2, 0.25) is 7.85 Å². The van der Waals surface area contributed by atoms with Crippen LogP contribution in [0.25, 0.3) is 0 Å². The van der Waals surface area contributed by atoms with Gasteiger partial charge in [0.1, 0.15) is 0 Å². The molecule has 0 aliphatic heterocycles. The second-order valence-corrected chi connectivity index (χ2v) is 2.39. The third-order valence-electron chi connectivity index (χ3n) is 0.963. The Morgan fingerprint density at radius 2 is 1.18 bits per heavy atom. The van der Waals surface area contributed by atoms with Crippen molar-refractivity contribution in [3.8, 4) is 5.97 Å². The van der Waals surface area contributed by atoms with Gasteiger partial charge >= 0.3 is 36.9 Å². The smallest absolute Gasteiger partial charge is 0.625 e. The van der Waals surface area contributed by atoms with Gasteiger partial charge in [0, 0.05) is 20.8 Å². The Labute approximate surface area is 123 Å². The number of hydrogen-bond donors (Lipinski definition) is 0. The average molecular weight is 249 g/mol. The van der Waals surface area contributed by atoms with Crippen molar-refractivity contribution in [2.45, 2.75) is 20.8 Å². The summed E-state index contributed by atoms with van der Waals surface area (Å²) in [6, 6.07) is 0. The maximum atomic E-state index is 10.4. The van der Waals surface area contributed by atoms with Gasteiger partial charge in [0.15, 0.2) is 0 Å². The van der Waals surface area contributed by atoms with Gasteiger partial charge in [-0.2, -0.15) is 0 Å². The summed E-state index contributed by atoms with van der Waals surface area (Å²) in [6.45, 7) is 3.35. The van der Waals surface area contributed by atoms with Crippen molar-refractivity contribution >= 4 is 33.1 Å². The monoisotopic (exact) mass is 249 g/mol. The van der Waals surface area contributed by atoms with Gasteiger partial charge in [0.05, 0.1) is 0 Å². The fourth-order valence-corrected chi connectivity index (χ4v) is 0.586. The Morgan fingerprint density at radius 3 is 1.29 bits per heavy atom. The number of nitrogens with zero attached hydrogens (tertiary/aromatic N) is 1. The number of hydrogen-bond acceptors (Lipinski definition) is 7. The van der Waals surface area contributed by atoms with Gasteiger partial charge in [-0.15, -0.1) is 0 Å². The molecule has 0 heterocycles. The molecule has 0 aromatic rings. The van der Waals surface area contributed by atoms with Gasteiger partial charge in [-0.1, -0.05) is 0 Å². The van der Waals surface area contributed by atoms with Crippen LogP contribution in [0, 0.1) is 11.2 Å². The summed E-state index contributed by atoms with van der Waals surface area (Å²) in [4.78, 5) is 31.3. The second-order valence-electron chi connectivity index (χ2n) is 2.39. The zero-order valence-electron chi connectivity index (χ0n) is 10.2. The minimum absolute atomic E-state index is 0. The van der Waals surface area contributed by atoms with E-state index < -0.39 is 25.2 Å². The van der Waals surface area contributed by atoms with Crippen LogP contribution in [-0.2, 0) is 28.3 Å². The molecule has 7 nitrogen and oxygen atoms in total. The molecule has 0 bridgehead atoms. The third kappa shape index (κ3) is 21.0. The number of carbonyl (C=O) groups excluding carboxylic acids is 3. The minimum Gasteiger partial charge on any atom is -0.625 e. The van der Waals surface area contributed by atoms with E-state index >= 15 is 0 Å². The van der Waals surface area contributed by atoms with Crippen molar-refractivity contribution in [3.63, 3.8) is 0 Å². The number of rotatable bonds is 3. The topological polar surface area (TPSA) is 103 Å². The van der Waals surface area contributed by atoms with E-state index in [2.05, 4.69) is 21.8 Å². The molecule has 0 saturated heterocycles. The molecule has 86 valence electrons. The van der Waals surface area contributed by atoms with Crippen molar-refractivity contribution in [1.29, 1.82) is 5.26 Å². The maximum Gasteiger partial charge on any atom is 1.00 e. The first-order chi connectivity index (χ1) is 7.33. The van der Waals surface area contributed by atoms with E-state index in [0.29, 0.717) is 0 Å². The van der Waals surface area contributed by atoms with Gasteiger partial charge in [-0.05, 0) is 5.97 Å². The van der Waals surface area contributed by atoms with Crippen LogP contribution in [-0.4, -0.2) is 33.1 Å². The van der Waals surface area contributed by atoms with Crippen molar-refractivity contribution in [2.75, 3.05) is 0 Å². The molecule has 0 rings (SSSR count). The first kappa shape index (κ1) is 21.3. The van der Waals surface area contributed by atoms with Crippen molar-refractivity contribution in [2.24, 2.45) is 0 Å². The SMILES string of the molecule is CC(=O)O[BH-](OC(C)=O)OC(C)=O.[B]C#N.[Na+]. The molecule has 0 aliphatic carbocycles. The van der Waals surface area contributed by atoms with Crippen LogP contribution in [0.5, 0.6) is 0 Å². The molecule has 10 heteroatoms. The molecule has 0 atom stereocenters. The third-order valence-corrected chi connectivity index (χ3v) is 0.963. The minimum atomic E-state index is -2.41. The predicted octanol–water partition coefficient (Wildman–Crippen LogP) is -3.97. The van der Waals surface area contributed by atoms with Crippen LogP contribution in [0.4, 0.5) is 0 Å². The van der Waals surface area contributed by atoms with E-state index in [0.717, 1.165) is 20.8 Å². The quantitative estimate of drug-likeness (QED) is 0.470. The second kappa shape index (κ2) is 13.1. The average Bonchev–Trinajstić information content (AvgIpc) is 2.00. The summed E-state index contributed by atoms with van der Waals surface area (Å²) in [5.74, 6) is -0.785. The summed E-state index contributed by atoms with van der Waals surface area (Å²) in [7, 11) is 1.74. The Bertz CT molecular complexity index is 267. The summed E-state index contributed by atoms with van der Waals surface area (Å²) in [5, 5.41) is 7.10. The Hall–Kier alpha value is -0.970. The van der Waals surface area contributed by atoms with Crippen molar-refractivity contribution in [1.82, 2.24) is 0 Å². The molecular weight excluding hydrogens is 239 g/mol. The summed E-state index contributed by atoms with van der Waals surface area (Å²) < 4.78 is 13.3. The summed E-state index contributed by atoms with van der Waals surface area (Å²) in [5.41, 5.74) is 0. The maximum absolute atomic E-state index is 10.4. The molecule has 0 aromatic heterocycles. The van der Waals surface area contributed by atoms with E-state index in [9.17, 15) is 14.4 Å². The molecule has 0 spiro atoms. The van der Waals surface area contributed by atoms with Crippen LogP contribution in [0.1, 0.15) is 20.8 Å². The molecule has 0 N–H and O–H groups in total. The van der Waals surface area contributed by atoms with Gasteiger partial charge < -0.3 is 14.0 Å². The van der Waals surface area contributed by atoms with E-state index in [4.69, 9.17) is 5.26 Å². The summed E-state index contributed by atoms with van der Waals surface area (Å²) in [6.07, 6.45) is 0. The molecular formula is C7H10B2NNaO6. The standard InChI is InChI=1S/C6H10BO6.CBN.Na/c1-4(8)11-7(12-5(2)9)13-6(3)10;2-1-3;/h7H,1-3H3;;/q-1;;+1. The molecule has 17 heavy (non-hydrogen) atoms. The van der Waals surface area contributed by atoms with E-state index in [-0.39, 0.29) is 29.6 Å². The predicted molar refractivity (Wildman–Crippen MR) is 53.8 cm³/mol. The molecule has 2 radical (unpaired) electrons. The molecule has 0 unspecified atom stereocenters. The number of carbonyl (C=O) groups is 3. The van der Waals surface area contributed by atoms with E-state index in [1.807, 2.05) is 0 Å². The Morgan fingerprint density at radius 1 is 1.00 bits per heavy atom. The zero-order chi connectivity index (χ0) is 13.1. The molecule has 0 saturated carbocycles. The van der Waals surface area contributed by atoms with Gasteiger partial charge in [0.25, 0.3) is 17.9 Å². The molecule has 0 amide bonds. The Kier molecular flexibility index (Phi) is 16.4. The molecule has 0 fully saturated rings. The Balaban J connectivity index is -0.000000440. The van der Waals surface area contributed by atoms with Crippen LogP contribution >= 0.6 is 0 Å².